The number of benzene rings is 2. The van der Waals surface area contributed by atoms with Crippen LogP contribution >= 0.6 is 0 Å². The first kappa shape index (κ1) is 22.1. The van der Waals surface area contributed by atoms with Gasteiger partial charge in [-0.25, -0.2) is 9.59 Å². The van der Waals surface area contributed by atoms with Crippen molar-refractivity contribution in [3.8, 4) is 11.1 Å². The Labute approximate surface area is 181 Å². The number of carbonyl (C=O) groups is 3. The quantitative estimate of drug-likeness (QED) is 0.424. The first-order chi connectivity index (χ1) is 15.0. The van der Waals surface area contributed by atoms with Crippen molar-refractivity contribution in [3.05, 3.63) is 71.3 Å². The van der Waals surface area contributed by atoms with Gasteiger partial charge in [0.2, 0.25) is 5.91 Å². The summed E-state index contributed by atoms with van der Waals surface area (Å²) in [6, 6.07) is 16.3. The summed E-state index contributed by atoms with van der Waals surface area (Å²) in [5.74, 6) is -1.21. The summed E-state index contributed by atoms with van der Waals surface area (Å²) in [4.78, 5) is 34.5. The molecule has 0 spiro atoms. The Kier molecular flexibility index (Phi) is 7.43. The molecule has 0 fully saturated rings. The highest BCUT2D eigenvalue weighted by Crippen LogP contribution is 2.44. The van der Waals surface area contributed by atoms with E-state index in [1.165, 1.54) is 24.1 Å². The molecule has 1 aliphatic carbocycles. The Morgan fingerprint density at radius 1 is 1.00 bits per heavy atom. The topological polar surface area (TPSA) is 105 Å². The molecular formula is C24H26N2O5. The van der Waals surface area contributed by atoms with Crippen molar-refractivity contribution in [2.24, 2.45) is 0 Å². The van der Waals surface area contributed by atoms with E-state index in [2.05, 4.69) is 34.9 Å². The number of rotatable bonds is 9. The van der Waals surface area contributed by atoms with Gasteiger partial charge in [0.15, 0.2) is 0 Å². The number of amides is 2. The van der Waals surface area contributed by atoms with E-state index in [1.54, 1.807) is 0 Å². The van der Waals surface area contributed by atoms with E-state index in [0.29, 0.717) is 13.0 Å². The Morgan fingerprint density at radius 3 is 2.23 bits per heavy atom. The number of carboxylic acid groups (broad SMARTS) is 1. The van der Waals surface area contributed by atoms with Gasteiger partial charge < -0.3 is 20.5 Å². The highest BCUT2D eigenvalue weighted by atomic mass is 16.5. The predicted octanol–water partition coefficient (Wildman–Crippen LogP) is 3.45. The van der Waals surface area contributed by atoms with Crippen molar-refractivity contribution in [1.29, 1.82) is 0 Å². The van der Waals surface area contributed by atoms with E-state index in [9.17, 15) is 14.4 Å². The number of carboxylic acids is 1. The summed E-state index contributed by atoms with van der Waals surface area (Å²) < 4.78 is 5.45. The van der Waals surface area contributed by atoms with Crippen molar-refractivity contribution < 1.29 is 24.2 Å². The molecule has 3 rings (SSSR count). The van der Waals surface area contributed by atoms with Crippen LogP contribution in [0.15, 0.2) is 60.2 Å². The smallest absolute Gasteiger partial charge is 0.407 e. The van der Waals surface area contributed by atoms with Crippen LogP contribution in [0.5, 0.6) is 0 Å². The summed E-state index contributed by atoms with van der Waals surface area (Å²) in [5, 5.41) is 14.0. The van der Waals surface area contributed by atoms with Crippen molar-refractivity contribution in [1.82, 2.24) is 10.6 Å². The van der Waals surface area contributed by atoms with Crippen molar-refractivity contribution >= 4 is 18.0 Å². The second-order valence-electron chi connectivity index (χ2n) is 7.35. The molecule has 0 bridgehead atoms. The van der Waals surface area contributed by atoms with Crippen LogP contribution in [0.25, 0.3) is 11.1 Å². The lowest BCUT2D eigenvalue weighted by Gasteiger charge is -2.14. The molecule has 0 aliphatic heterocycles. The monoisotopic (exact) mass is 422 g/mol. The molecule has 3 N–H and O–H groups in total. The molecule has 2 aromatic carbocycles. The Hall–Kier alpha value is -3.61. The Bertz CT molecular complexity index is 953. The average Bonchev–Trinajstić information content (AvgIpc) is 3.09. The molecule has 31 heavy (non-hydrogen) atoms. The molecular weight excluding hydrogens is 396 g/mol. The number of fused-ring (bicyclic) bond motifs is 3. The number of nitrogens with one attached hydrogen (secondary N) is 2. The standard InChI is InChI=1S/C24H26N2O5/c1-16(23(28)29)12-14-25-22(27)11-6-13-26-24(30)31-15-21-19-9-4-2-7-17(19)18-8-3-5-10-20(18)21/h2-5,7-10,12,21H,6,11,13-15H2,1H3,(H,25,27)(H,26,30)(H,28,29)/b16-12+. The molecule has 1 aliphatic rings. The molecule has 2 aromatic rings. The number of hydrogen-bond donors (Lipinski definition) is 3. The zero-order valence-electron chi connectivity index (χ0n) is 17.4. The third-order valence-electron chi connectivity index (χ3n) is 5.24. The van der Waals surface area contributed by atoms with Gasteiger partial charge >= 0.3 is 12.1 Å². The van der Waals surface area contributed by atoms with Crippen molar-refractivity contribution in [3.63, 3.8) is 0 Å². The number of carbonyl (C=O) groups excluding carboxylic acids is 2. The van der Waals surface area contributed by atoms with E-state index in [0.717, 1.165) is 11.1 Å². The van der Waals surface area contributed by atoms with E-state index >= 15 is 0 Å². The summed E-state index contributed by atoms with van der Waals surface area (Å²) in [6.07, 6.45) is 1.61. The minimum absolute atomic E-state index is 0.00578. The minimum Gasteiger partial charge on any atom is -0.478 e. The van der Waals surface area contributed by atoms with Gasteiger partial charge in [0.1, 0.15) is 6.61 Å². The van der Waals surface area contributed by atoms with Gasteiger partial charge in [-0.3, -0.25) is 4.79 Å². The predicted molar refractivity (Wildman–Crippen MR) is 117 cm³/mol. The number of alkyl carbamates (subject to hydrolysis) is 1. The second kappa shape index (κ2) is 10.4. The summed E-state index contributed by atoms with van der Waals surface area (Å²) in [5.41, 5.74) is 4.83. The fourth-order valence-electron chi connectivity index (χ4n) is 3.58. The van der Waals surface area contributed by atoms with E-state index < -0.39 is 12.1 Å². The molecule has 0 radical (unpaired) electrons. The summed E-state index contributed by atoms with van der Waals surface area (Å²) >= 11 is 0. The maximum Gasteiger partial charge on any atom is 0.407 e. The van der Waals surface area contributed by atoms with Crippen molar-refractivity contribution in [2.75, 3.05) is 19.7 Å². The molecule has 2 amide bonds. The first-order valence-electron chi connectivity index (χ1n) is 10.2. The maximum atomic E-state index is 12.1. The van der Waals surface area contributed by atoms with E-state index in [4.69, 9.17) is 9.84 Å². The van der Waals surface area contributed by atoms with Crippen molar-refractivity contribution in [2.45, 2.75) is 25.7 Å². The van der Waals surface area contributed by atoms with Gasteiger partial charge in [-0.1, -0.05) is 54.6 Å². The molecule has 0 saturated carbocycles. The maximum absolute atomic E-state index is 12.1. The van der Waals surface area contributed by atoms with Crippen LogP contribution in [0.2, 0.25) is 0 Å². The van der Waals surface area contributed by atoms with Gasteiger partial charge in [-0.15, -0.1) is 0 Å². The molecule has 0 atom stereocenters. The summed E-state index contributed by atoms with van der Waals surface area (Å²) in [6.45, 7) is 2.19. The van der Waals surface area contributed by atoms with Crippen LogP contribution in [-0.4, -0.2) is 42.8 Å². The number of hydrogen-bond acceptors (Lipinski definition) is 4. The molecule has 0 unspecified atom stereocenters. The minimum atomic E-state index is -1.01. The van der Waals surface area contributed by atoms with Crippen LogP contribution in [0.4, 0.5) is 4.79 Å². The lowest BCUT2D eigenvalue weighted by Crippen LogP contribution is -2.29. The molecule has 0 aromatic heterocycles. The SMILES string of the molecule is C/C(=C\CNC(=O)CCCNC(=O)OCC1c2ccccc2-c2ccccc21)C(=O)O. The van der Waals surface area contributed by atoms with E-state index in [1.807, 2.05) is 24.3 Å². The van der Waals surface area contributed by atoms with E-state index in [-0.39, 0.29) is 37.0 Å². The van der Waals surface area contributed by atoms with Gasteiger partial charge in [0, 0.05) is 31.0 Å². The van der Waals surface area contributed by atoms with Crippen LogP contribution in [-0.2, 0) is 14.3 Å². The normalized spacial score (nSPS) is 12.6. The van der Waals surface area contributed by atoms with Gasteiger partial charge in [0.05, 0.1) is 0 Å². The lowest BCUT2D eigenvalue weighted by atomic mass is 9.98. The highest BCUT2D eigenvalue weighted by molar-refractivity contribution is 5.86. The zero-order chi connectivity index (χ0) is 22.2. The third-order valence-corrected chi connectivity index (χ3v) is 5.24. The number of ether oxygens (including phenoxy) is 1. The van der Waals surface area contributed by atoms with Crippen LogP contribution in [0.3, 0.4) is 0 Å². The van der Waals surface area contributed by atoms with Gasteiger partial charge in [-0.2, -0.15) is 0 Å². The van der Waals surface area contributed by atoms with Crippen LogP contribution in [0.1, 0.15) is 36.8 Å². The second-order valence-corrected chi connectivity index (χ2v) is 7.35. The molecule has 7 nitrogen and oxygen atoms in total. The van der Waals surface area contributed by atoms with Crippen LogP contribution in [0, 0.1) is 0 Å². The van der Waals surface area contributed by atoms with Gasteiger partial charge in [0.25, 0.3) is 0 Å². The third kappa shape index (κ3) is 5.72. The molecule has 7 heteroatoms. The fourth-order valence-corrected chi connectivity index (χ4v) is 3.58. The zero-order valence-corrected chi connectivity index (χ0v) is 17.4. The lowest BCUT2D eigenvalue weighted by molar-refractivity contribution is -0.132. The average molecular weight is 422 g/mol. The fraction of sp³-hybridized carbons (Fsp3) is 0.292. The van der Waals surface area contributed by atoms with Gasteiger partial charge in [-0.05, 0) is 35.6 Å². The molecule has 162 valence electrons. The Morgan fingerprint density at radius 2 is 1.61 bits per heavy atom. The number of aliphatic carboxylic acids is 1. The largest absolute Gasteiger partial charge is 0.478 e. The molecule has 0 saturated heterocycles. The molecule has 0 heterocycles. The Balaban J connectivity index is 1.39. The van der Waals surface area contributed by atoms with Crippen LogP contribution < -0.4 is 10.6 Å². The summed E-state index contributed by atoms with van der Waals surface area (Å²) in [7, 11) is 0. The first-order valence-corrected chi connectivity index (χ1v) is 10.2. The highest BCUT2D eigenvalue weighted by Gasteiger charge is 2.28.